The van der Waals surface area contributed by atoms with Crippen molar-refractivity contribution in [3.05, 3.63) is 47.8 Å². The fourth-order valence-electron chi connectivity index (χ4n) is 2.20. The first-order chi connectivity index (χ1) is 12.9. The molecule has 0 saturated heterocycles. The number of carboxylic acids is 1. The van der Waals surface area contributed by atoms with Crippen molar-refractivity contribution in [3.63, 3.8) is 0 Å². The molecule has 3 N–H and O–H groups in total. The van der Waals surface area contributed by atoms with Crippen molar-refractivity contribution in [1.82, 2.24) is 10.3 Å². The van der Waals surface area contributed by atoms with Crippen LogP contribution in [0, 0.1) is 0 Å². The molecule has 1 aromatic carbocycles. The minimum atomic E-state index is -1.19. The molecule has 27 heavy (non-hydrogen) atoms. The van der Waals surface area contributed by atoms with Crippen LogP contribution in [0.1, 0.15) is 27.6 Å². The van der Waals surface area contributed by atoms with Crippen molar-refractivity contribution >= 4 is 23.5 Å². The van der Waals surface area contributed by atoms with E-state index in [1.807, 2.05) is 0 Å². The van der Waals surface area contributed by atoms with E-state index in [9.17, 15) is 14.4 Å². The van der Waals surface area contributed by atoms with Gasteiger partial charge in [0.25, 0.3) is 11.8 Å². The molecule has 1 atom stereocenters. The van der Waals surface area contributed by atoms with E-state index < -0.39 is 23.8 Å². The minimum Gasteiger partial charge on any atom is -0.497 e. The van der Waals surface area contributed by atoms with Crippen molar-refractivity contribution in [2.75, 3.05) is 19.5 Å². The van der Waals surface area contributed by atoms with Crippen LogP contribution in [0.4, 0.5) is 5.69 Å². The average Bonchev–Trinajstić information content (AvgIpc) is 2.67. The molecule has 9 heteroatoms. The Morgan fingerprint density at radius 1 is 1.07 bits per heavy atom. The van der Waals surface area contributed by atoms with Gasteiger partial charge in [0.2, 0.25) is 0 Å². The first-order valence-electron chi connectivity index (χ1n) is 7.88. The molecule has 0 aliphatic rings. The predicted molar refractivity (Wildman–Crippen MR) is 96.3 cm³/mol. The van der Waals surface area contributed by atoms with E-state index in [2.05, 4.69) is 15.6 Å². The molecule has 0 aliphatic carbocycles. The number of methoxy groups -OCH3 is 2. The van der Waals surface area contributed by atoms with E-state index in [-0.39, 0.29) is 11.1 Å². The molecule has 1 aromatic heterocycles. The van der Waals surface area contributed by atoms with Gasteiger partial charge in [-0.15, -0.1) is 0 Å². The zero-order valence-electron chi connectivity index (χ0n) is 15.0. The number of carboxylic acid groups (broad SMARTS) is 1. The number of hydrogen-bond acceptors (Lipinski definition) is 6. The number of amides is 2. The van der Waals surface area contributed by atoms with Crippen LogP contribution in [-0.4, -0.2) is 48.1 Å². The molecular formula is C18H19N3O6. The Bertz CT molecular complexity index is 868. The second kappa shape index (κ2) is 8.65. The molecule has 1 heterocycles. The molecule has 0 saturated carbocycles. The van der Waals surface area contributed by atoms with Crippen molar-refractivity contribution in [2.45, 2.75) is 13.0 Å². The maximum atomic E-state index is 12.7. The smallest absolute Gasteiger partial charge is 0.325 e. The Morgan fingerprint density at radius 3 is 2.44 bits per heavy atom. The molecule has 0 bridgehead atoms. The molecule has 2 rings (SSSR count). The summed E-state index contributed by atoms with van der Waals surface area (Å²) in [6.07, 6.45) is 2.56. The first-order valence-corrected chi connectivity index (χ1v) is 7.88. The van der Waals surface area contributed by atoms with Crippen LogP contribution in [0.2, 0.25) is 0 Å². The van der Waals surface area contributed by atoms with Crippen molar-refractivity contribution in [2.24, 2.45) is 0 Å². The summed E-state index contributed by atoms with van der Waals surface area (Å²) in [7, 11) is 2.95. The number of carbonyl (C=O) groups excluding carboxylic acids is 2. The monoisotopic (exact) mass is 373 g/mol. The molecule has 0 fully saturated rings. The van der Waals surface area contributed by atoms with Crippen LogP contribution < -0.4 is 20.1 Å². The molecule has 9 nitrogen and oxygen atoms in total. The Kier molecular flexibility index (Phi) is 6.32. The van der Waals surface area contributed by atoms with Gasteiger partial charge in [-0.2, -0.15) is 0 Å². The normalized spacial score (nSPS) is 11.2. The zero-order valence-corrected chi connectivity index (χ0v) is 15.0. The van der Waals surface area contributed by atoms with E-state index in [4.69, 9.17) is 14.6 Å². The number of anilines is 1. The van der Waals surface area contributed by atoms with Gasteiger partial charge in [0.05, 0.1) is 31.0 Å². The third kappa shape index (κ3) is 4.72. The van der Waals surface area contributed by atoms with Gasteiger partial charge in [0, 0.05) is 18.5 Å². The topological polar surface area (TPSA) is 127 Å². The molecular weight excluding hydrogens is 354 g/mol. The number of pyridine rings is 1. The number of rotatable bonds is 7. The van der Waals surface area contributed by atoms with Gasteiger partial charge in [-0.05, 0) is 25.1 Å². The maximum absolute atomic E-state index is 12.7. The highest BCUT2D eigenvalue weighted by Gasteiger charge is 2.21. The average molecular weight is 373 g/mol. The van der Waals surface area contributed by atoms with Gasteiger partial charge in [-0.3, -0.25) is 19.4 Å². The largest absolute Gasteiger partial charge is 0.497 e. The molecule has 0 unspecified atom stereocenters. The van der Waals surface area contributed by atoms with Crippen LogP contribution in [0.15, 0.2) is 36.7 Å². The van der Waals surface area contributed by atoms with Gasteiger partial charge in [0.15, 0.2) is 0 Å². The summed E-state index contributed by atoms with van der Waals surface area (Å²) in [6.45, 7) is 1.32. The number of nitrogens with zero attached hydrogens (tertiary/aromatic N) is 1. The molecule has 0 radical (unpaired) electrons. The number of hydrogen-bond donors (Lipinski definition) is 3. The van der Waals surface area contributed by atoms with Crippen molar-refractivity contribution in [3.8, 4) is 11.5 Å². The number of aromatic nitrogens is 1. The van der Waals surface area contributed by atoms with Gasteiger partial charge in [-0.25, -0.2) is 0 Å². The molecule has 142 valence electrons. The lowest BCUT2D eigenvalue weighted by molar-refractivity contribution is -0.138. The quantitative estimate of drug-likeness (QED) is 0.672. The van der Waals surface area contributed by atoms with E-state index in [1.54, 1.807) is 18.2 Å². The van der Waals surface area contributed by atoms with Crippen molar-refractivity contribution in [1.29, 1.82) is 0 Å². The third-order valence-corrected chi connectivity index (χ3v) is 3.69. The number of benzene rings is 1. The zero-order chi connectivity index (χ0) is 20.0. The SMILES string of the molecule is COc1ccc(NC(=O)c2ccncc2C(=O)N[C@H](C)C(=O)O)c(OC)c1. The summed E-state index contributed by atoms with van der Waals surface area (Å²) >= 11 is 0. The lowest BCUT2D eigenvalue weighted by Gasteiger charge is -2.14. The maximum Gasteiger partial charge on any atom is 0.325 e. The highest BCUT2D eigenvalue weighted by Crippen LogP contribution is 2.29. The summed E-state index contributed by atoms with van der Waals surface area (Å²) in [5.41, 5.74) is 0.374. The standard InChI is InChI=1S/C18H19N3O6/c1-10(18(24)25)20-17(23)13-9-19-7-6-12(13)16(22)21-14-5-4-11(26-2)8-15(14)27-3/h4-10H,1-3H3,(H,20,23)(H,21,22)(H,24,25)/t10-/m1/s1. The van der Waals surface area contributed by atoms with Crippen LogP contribution in [0.5, 0.6) is 11.5 Å². The summed E-state index contributed by atoms with van der Waals surface area (Å²) in [6, 6.07) is 5.10. The van der Waals surface area contributed by atoms with E-state index >= 15 is 0 Å². The van der Waals surface area contributed by atoms with Crippen LogP contribution >= 0.6 is 0 Å². The van der Waals surface area contributed by atoms with Crippen molar-refractivity contribution < 1.29 is 29.0 Å². The number of carbonyl (C=O) groups is 3. The third-order valence-electron chi connectivity index (χ3n) is 3.69. The Labute approximate surface area is 155 Å². The summed E-state index contributed by atoms with van der Waals surface area (Å²) in [4.78, 5) is 39.7. The predicted octanol–water partition coefficient (Wildman–Crippen LogP) is 1.55. The highest BCUT2D eigenvalue weighted by molar-refractivity contribution is 6.12. The van der Waals surface area contributed by atoms with E-state index in [1.165, 1.54) is 39.6 Å². The minimum absolute atomic E-state index is 0.0398. The Morgan fingerprint density at radius 2 is 1.81 bits per heavy atom. The van der Waals surface area contributed by atoms with Gasteiger partial charge in [0.1, 0.15) is 17.5 Å². The second-order valence-electron chi connectivity index (χ2n) is 5.47. The fourth-order valence-corrected chi connectivity index (χ4v) is 2.20. The molecule has 2 aromatic rings. The van der Waals surface area contributed by atoms with E-state index in [0.717, 1.165) is 0 Å². The van der Waals surface area contributed by atoms with Crippen LogP contribution in [-0.2, 0) is 4.79 Å². The number of nitrogens with one attached hydrogen (secondary N) is 2. The first kappa shape index (κ1) is 19.7. The second-order valence-corrected chi connectivity index (χ2v) is 5.47. The Balaban J connectivity index is 2.27. The Hall–Kier alpha value is -3.62. The number of ether oxygens (including phenoxy) is 2. The summed E-state index contributed by atoms with van der Waals surface area (Å²) in [5, 5.41) is 13.9. The van der Waals surface area contributed by atoms with Crippen LogP contribution in [0.3, 0.4) is 0 Å². The van der Waals surface area contributed by atoms with E-state index in [0.29, 0.717) is 17.2 Å². The molecule has 0 aliphatic heterocycles. The van der Waals surface area contributed by atoms with Gasteiger partial charge < -0.3 is 25.2 Å². The van der Waals surface area contributed by atoms with Gasteiger partial charge >= 0.3 is 5.97 Å². The summed E-state index contributed by atoms with van der Waals surface area (Å²) < 4.78 is 10.3. The number of aliphatic carboxylic acids is 1. The van der Waals surface area contributed by atoms with Crippen LogP contribution in [0.25, 0.3) is 0 Å². The summed E-state index contributed by atoms with van der Waals surface area (Å²) in [5.74, 6) is -1.56. The molecule has 0 spiro atoms. The van der Waals surface area contributed by atoms with Gasteiger partial charge in [-0.1, -0.05) is 0 Å². The molecule has 2 amide bonds. The lowest BCUT2D eigenvalue weighted by Crippen LogP contribution is -2.39. The highest BCUT2D eigenvalue weighted by atomic mass is 16.5. The fraction of sp³-hybridized carbons (Fsp3) is 0.222. The lowest BCUT2D eigenvalue weighted by atomic mass is 10.1.